The van der Waals surface area contributed by atoms with Crippen molar-refractivity contribution < 1.29 is 9.90 Å². The van der Waals surface area contributed by atoms with Gasteiger partial charge in [0.05, 0.1) is 23.5 Å². The van der Waals surface area contributed by atoms with Crippen molar-refractivity contribution in [3.63, 3.8) is 0 Å². The van der Waals surface area contributed by atoms with E-state index in [9.17, 15) is 4.79 Å². The normalized spacial score (nSPS) is 10.2. The van der Waals surface area contributed by atoms with Crippen molar-refractivity contribution >= 4 is 11.9 Å². The van der Waals surface area contributed by atoms with Gasteiger partial charge in [-0.25, -0.2) is 14.8 Å². The molecule has 0 unspecified atom stereocenters. The Morgan fingerprint density at radius 3 is 2.85 bits per heavy atom. The number of carboxylic acid groups (broad SMARTS) is 1. The molecule has 6 nitrogen and oxygen atoms in total. The van der Waals surface area contributed by atoms with E-state index in [2.05, 4.69) is 20.3 Å². The van der Waals surface area contributed by atoms with Crippen LogP contribution in [0.1, 0.15) is 35.1 Å². The van der Waals surface area contributed by atoms with Gasteiger partial charge >= 0.3 is 5.97 Å². The summed E-state index contributed by atoms with van der Waals surface area (Å²) in [7, 11) is 0. The van der Waals surface area contributed by atoms with Crippen molar-refractivity contribution in [3.8, 4) is 0 Å². The molecule has 104 valence electrons. The number of nitrogens with zero attached hydrogens (tertiary/aromatic N) is 3. The lowest BCUT2D eigenvalue weighted by atomic mass is 10.1. The maximum absolute atomic E-state index is 11.1. The Morgan fingerprint density at radius 2 is 2.20 bits per heavy atom. The molecule has 0 atom stereocenters. The molecule has 6 heteroatoms. The minimum absolute atomic E-state index is 0.162. The van der Waals surface area contributed by atoms with Gasteiger partial charge in [-0.3, -0.25) is 4.98 Å². The number of hydrogen-bond acceptors (Lipinski definition) is 5. The Bertz CT molecular complexity index is 587. The molecule has 2 rings (SSSR count). The molecule has 0 aliphatic carbocycles. The molecule has 0 saturated heterocycles. The second-order valence-corrected chi connectivity index (χ2v) is 4.28. The van der Waals surface area contributed by atoms with Gasteiger partial charge in [-0.2, -0.15) is 0 Å². The molecule has 0 aromatic carbocycles. The molecule has 0 radical (unpaired) electrons. The molecule has 2 heterocycles. The van der Waals surface area contributed by atoms with Crippen molar-refractivity contribution in [2.75, 3.05) is 5.32 Å². The molecular weight excluding hydrogens is 256 g/mol. The Hall–Kier alpha value is -2.50. The van der Waals surface area contributed by atoms with Crippen LogP contribution in [0.3, 0.4) is 0 Å². The second kappa shape index (κ2) is 6.60. The van der Waals surface area contributed by atoms with E-state index in [0.29, 0.717) is 24.6 Å². The van der Waals surface area contributed by atoms with E-state index in [0.717, 1.165) is 12.1 Å². The smallest absolute Gasteiger partial charge is 0.339 e. The van der Waals surface area contributed by atoms with Crippen LogP contribution in [0.15, 0.2) is 30.6 Å². The van der Waals surface area contributed by atoms with Crippen LogP contribution in [0.2, 0.25) is 0 Å². The van der Waals surface area contributed by atoms with Gasteiger partial charge in [-0.1, -0.05) is 19.4 Å². The van der Waals surface area contributed by atoms with Gasteiger partial charge < -0.3 is 10.4 Å². The number of hydrogen-bond donors (Lipinski definition) is 2. The van der Waals surface area contributed by atoms with E-state index in [1.54, 1.807) is 6.20 Å². The average Bonchev–Trinajstić information content (AvgIpc) is 2.46. The van der Waals surface area contributed by atoms with E-state index in [-0.39, 0.29) is 5.56 Å². The summed E-state index contributed by atoms with van der Waals surface area (Å²) in [5.41, 5.74) is 1.59. The highest BCUT2D eigenvalue weighted by Gasteiger charge is 2.12. The van der Waals surface area contributed by atoms with Crippen molar-refractivity contribution in [2.45, 2.75) is 26.3 Å². The SMILES string of the molecule is CCCc1nc(NCc2ccccn2)ncc1C(=O)O. The van der Waals surface area contributed by atoms with Crippen LogP contribution in [-0.2, 0) is 13.0 Å². The molecule has 0 amide bonds. The summed E-state index contributed by atoms with van der Waals surface area (Å²) in [6.07, 6.45) is 4.51. The lowest BCUT2D eigenvalue weighted by molar-refractivity contribution is 0.0694. The molecular formula is C14H16N4O2. The van der Waals surface area contributed by atoms with Crippen LogP contribution in [0.5, 0.6) is 0 Å². The summed E-state index contributed by atoms with van der Waals surface area (Å²) in [5.74, 6) is -0.575. The third kappa shape index (κ3) is 3.50. The van der Waals surface area contributed by atoms with Gasteiger partial charge in [0.25, 0.3) is 0 Å². The summed E-state index contributed by atoms with van der Waals surface area (Å²) in [4.78, 5) is 23.6. The number of carbonyl (C=O) groups is 1. The molecule has 0 aliphatic heterocycles. The standard InChI is InChI=1S/C14H16N4O2/c1-2-5-12-11(13(19)20)9-17-14(18-12)16-8-10-6-3-4-7-15-10/h3-4,6-7,9H,2,5,8H2,1H3,(H,19,20)(H,16,17,18). The maximum atomic E-state index is 11.1. The quantitative estimate of drug-likeness (QED) is 0.837. The van der Waals surface area contributed by atoms with E-state index >= 15 is 0 Å². The summed E-state index contributed by atoms with van der Waals surface area (Å²) >= 11 is 0. The average molecular weight is 272 g/mol. The van der Waals surface area contributed by atoms with E-state index < -0.39 is 5.97 Å². The van der Waals surface area contributed by atoms with E-state index in [1.165, 1.54) is 6.20 Å². The highest BCUT2D eigenvalue weighted by molar-refractivity contribution is 5.88. The van der Waals surface area contributed by atoms with Crippen LogP contribution in [0.4, 0.5) is 5.95 Å². The van der Waals surface area contributed by atoms with E-state index in [1.807, 2.05) is 25.1 Å². The molecule has 0 fully saturated rings. The second-order valence-electron chi connectivity index (χ2n) is 4.28. The van der Waals surface area contributed by atoms with Gasteiger partial charge in [-0.05, 0) is 18.6 Å². The van der Waals surface area contributed by atoms with Crippen LogP contribution in [0.25, 0.3) is 0 Å². The number of pyridine rings is 1. The zero-order valence-corrected chi connectivity index (χ0v) is 11.2. The number of carboxylic acids is 1. The minimum Gasteiger partial charge on any atom is -0.478 e. The molecule has 0 spiro atoms. The van der Waals surface area contributed by atoms with Crippen molar-refractivity contribution in [1.29, 1.82) is 0 Å². The summed E-state index contributed by atoms with van der Waals surface area (Å²) in [5, 5.41) is 12.1. The van der Waals surface area contributed by atoms with Crippen molar-refractivity contribution in [2.24, 2.45) is 0 Å². The maximum Gasteiger partial charge on any atom is 0.339 e. The van der Waals surface area contributed by atoms with Gasteiger partial charge in [0.2, 0.25) is 5.95 Å². The first-order valence-electron chi connectivity index (χ1n) is 6.43. The first-order chi connectivity index (χ1) is 9.70. The first kappa shape index (κ1) is 13.9. The zero-order valence-electron chi connectivity index (χ0n) is 11.2. The molecule has 2 aromatic heterocycles. The summed E-state index contributed by atoms with van der Waals surface area (Å²) in [6.45, 7) is 2.48. The van der Waals surface area contributed by atoms with E-state index in [4.69, 9.17) is 5.11 Å². The monoisotopic (exact) mass is 272 g/mol. The Morgan fingerprint density at radius 1 is 1.35 bits per heavy atom. The Kier molecular flexibility index (Phi) is 4.60. The summed E-state index contributed by atoms with van der Waals surface area (Å²) < 4.78 is 0. The molecule has 2 aromatic rings. The molecule has 20 heavy (non-hydrogen) atoms. The predicted molar refractivity (Wildman–Crippen MR) is 74.6 cm³/mol. The topological polar surface area (TPSA) is 88.0 Å². The van der Waals surface area contributed by atoms with Crippen LogP contribution in [0, 0.1) is 0 Å². The number of aryl methyl sites for hydroxylation is 1. The number of aromatic nitrogens is 3. The largest absolute Gasteiger partial charge is 0.478 e. The highest BCUT2D eigenvalue weighted by atomic mass is 16.4. The summed E-state index contributed by atoms with van der Waals surface area (Å²) in [6, 6.07) is 5.65. The van der Waals surface area contributed by atoms with Crippen LogP contribution >= 0.6 is 0 Å². The fourth-order valence-electron chi connectivity index (χ4n) is 1.78. The van der Waals surface area contributed by atoms with Gasteiger partial charge in [0.15, 0.2) is 0 Å². The predicted octanol–water partition coefficient (Wildman–Crippen LogP) is 2.13. The fraction of sp³-hybridized carbons (Fsp3) is 0.286. The van der Waals surface area contributed by atoms with Crippen molar-refractivity contribution in [1.82, 2.24) is 15.0 Å². The number of rotatable bonds is 6. The number of anilines is 1. The molecule has 0 saturated carbocycles. The van der Waals surface area contributed by atoms with Gasteiger partial charge in [0, 0.05) is 12.4 Å². The Labute approximate surface area is 116 Å². The third-order valence-electron chi connectivity index (χ3n) is 2.74. The number of aromatic carboxylic acids is 1. The first-order valence-corrected chi connectivity index (χ1v) is 6.43. The fourth-order valence-corrected chi connectivity index (χ4v) is 1.78. The molecule has 0 bridgehead atoms. The van der Waals surface area contributed by atoms with Crippen LogP contribution < -0.4 is 5.32 Å². The lowest BCUT2D eigenvalue weighted by Crippen LogP contribution is -2.11. The van der Waals surface area contributed by atoms with Crippen LogP contribution in [-0.4, -0.2) is 26.0 Å². The lowest BCUT2D eigenvalue weighted by Gasteiger charge is -2.08. The molecule has 0 aliphatic rings. The van der Waals surface area contributed by atoms with Gasteiger partial charge in [0.1, 0.15) is 0 Å². The molecule has 2 N–H and O–H groups in total. The third-order valence-corrected chi connectivity index (χ3v) is 2.74. The Balaban J connectivity index is 2.12. The van der Waals surface area contributed by atoms with Gasteiger partial charge in [-0.15, -0.1) is 0 Å². The highest BCUT2D eigenvalue weighted by Crippen LogP contribution is 2.11. The zero-order chi connectivity index (χ0) is 14.4. The minimum atomic E-state index is -0.996. The number of nitrogens with one attached hydrogen (secondary N) is 1. The van der Waals surface area contributed by atoms with Crippen molar-refractivity contribution in [3.05, 3.63) is 47.5 Å².